The Bertz CT molecular complexity index is 936. The SMILES string of the molecule is NCC(=O)NC(CCCN=C(N)N)C(=O)NC(CCC(=O)O)C(=O)NC(Cc1ccccc1)C(=O)O. The number of hydrogen-bond donors (Lipinski definition) is 8. The van der Waals surface area contributed by atoms with Gasteiger partial charge in [0.1, 0.15) is 18.1 Å². The molecule has 0 aromatic heterocycles. The number of hydrogen-bond acceptors (Lipinski definition) is 7. The number of benzene rings is 1. The van der Waals surface area contributed by atoms with E-state index in [0.29, 0.717) is 12.0 Å². The first-order valence-electron chi connectivity index (χ1n) is 11.2. The minimum atomic E-state index is -1.37. The smallest absolute Gasteiger partial charge is 0.326 e. The van der Waals surface area contributed by atoms with Gasteiger partial charge >= 0.3 is 11.9 Å². The minimum absolute atomic E-state index is 0.0263. The van der Waals surface area contributed by atoms with Crippen molar-refractivity contribution in [3.63, 3.8) is 0 Å². The zero-order valence-corrected chi connectivity index (χ0v) is 19.7. The van der Waals surface area contributed by atoms with Gasteiger partial charge in [-0.05, 0) is 24.8 Å². The van der Waals surface area contributed by atoms with Crippen molar-refractivity contribution in [3.8, 4) is 0 Å². The first-order valence-corrected chi connectivity index (χ1v) is 11.2. The standard InChI is InChI=1S/C22H33N7O7/c23-12-17(30)27-14(7-4-10-26-22(24)25)19(33)28-15(8-9-18(31)32)20(34)29-16(21(35)36)11-13-5-2-1-3-6-13/h1-3,5-6,14-16H,4,7-12,23H2,(H,27,30)(H,28,33)(H,29,34)(H,31,32)(H,35,36)(H4,24,25,26). The Kier molecular flexibility index (Phi) is 13.0. The third-order valence-electron chi connectivity index (χ3n) is 4.96. The third-order valence-corrected chi connectivity index (χ3v) is 4.96. The molecule has 0 aliphatic heterocycles. The molecule has 1 aromatic rings. The zero-order chi connectivity index (χ0) is 27.1. The summed E-state index contributed by atoms with van der Waals surface area (Å²) >= 11 is 0. The molecular weight excluding hydrogens is 474 g/mol. The lowest BCUT2D eigenvalue weighted by Gasteiger charge is -2.24. The van der Waals surface area contributed by atoms with Crippen LogP contribution in [0.2, 0.25) is 0 Å². The largest absolute Gasteiger partial charge is 0.481 e. The molecule has 3 amide bonds. The first kappa shape index (κ1) is 29.8. The van der Waals surface area contributed by atoms with Crippen LogP contribution < -0.4 is 33.2 Å². The number of nitrogens with one attached hydrogen (secondary N) is 3. The first-order chi connectivity index (χ1) is 17.0. The van der Waals surface area contributed by atoms with Crippen LogP contribution in [0, 0.1) is 0 Å². The molecule has 11 N–H and O–H groups in total. The number of nitrogens with zero attached hydrogens (tertiary/aromatic N) is 1. The Morgan fingerprint density at radius 1 is 0.861 bits per heavy atom. The third kappa shape index (κ3) is 11.8. The van der Waals surface area contributed by atoms with Crippen molar-refractivity contribution >= 4 is 35.6 Å². The van der Waals surface area contributed by atoms with Crippen LogP contribution in [0.5, 0.6) is 0 Å². The van der Waals surface area contributed by atoms with Gasteiger partial charge in [-0.15, -0.1) is 0 Å². The van der Waals surface area contributed by atoms with Gasteiger partial charge in [0, 0.05) is 19.4 Å². The van der Waals surface area contributed by atoms with Crippen LogP contribution in [0.4, 0.5) is 0 Å². The lowest BCUT2D eigenvalue weighted by atomic mass is 10.0. The summed E-state index contributed by atoms with van der Waals surface area (Å²) in [5, 5.41) is 25.8. The summed E-state index contributed by atoms with van der Waals surface area (Å²) in [4.78, 5) is 64.2. The van der Waals surface area contributed by atoms with Crippen molar-refractivity contribution in [2.24, 2.45) is 22.2 Å². The maximum atomic E-state index is 12.9. The maximum absolute atomic E-state index is 12.9. The van der Waals surface area contributed by atoms with Gasteiger partial charge in [-0.3, -0.25) is 24.2 Å². The number of amides is 3. The van der Waals surface area contributed by atoms with Gasteiger partial charge in [-0.2, -0.15) is 0 Å². The van der Waals surface area contributed by atoms with Gasteiger partial charge in [0.15, 0.2) is 5.96 Å². The van der Waals surface area contributed by atoms with Gasteiger partial charge < -0.3 is 43.4 Å². The fraction of sp³-hybridized carbons (Fsp3) is 0.455. The highest BCUT2D eigenvalue weighted by Gasteiger charge is 2.29. The fourth-order valence-electron chi connectivity index (χ4n) is 3.16. The summed E-state index contributed by atoms with van der Waals surface area (Å²) in [6.07, 6.45) is -0.422. The number of carboxylic acid groups (broad SMARTS) is 2. The van der Waals surface area contributed by atoms with Gasteiger partial charge in [0.05, 0.1) is 6.54 Å². The number of carbonyl (C=O) groups is 5. The molecule has 0 aliphatic carbocycles. The fourth-order valence-corrected chi connectivity index (χ4v) is 3.16. The van der Waals surface area contributed by atoms with E-state index in [1.165, 1.54) is 0 Å². The van der Waals surface area contributed by atoms with Crippen LogP contribution in [-0.4, -0.2) is 77.0 Å². The second kappa shape index (κ2) is 15.7. The van der Waals surface area contributed by atoms with Crippen LogP contribution in [0.25, 0.3) is 0 Å². The Labute approximate surface area is 207 Å². The summed E-state index contributed by atoms with van der Waals surface area (Å²) in [5.74, 6) is -4.94. The van der Waals surface area contributed by atoms with E-state index in [1.54, 1.807) is 30.3 Å². The molecule has 0 fully saturated rings. The number of carbonyl (C=O) groups excluding carboxylic acids is 3. The summed E-state index contributed by atoms with van der Waals surface area (Å²) in [6.45, 7) is -0.215. The molecule has 0 aliphatic rings. The van der Waals surface area contributed by atoms with Gasteiger partial charge in [-0.1, -0.05) is 30.3 Å². The number of rotatable bonds is 16. The molecule has 14 heteroatoms. The Morgan fingerprint density at radius 2 is 1.44 bits per heavy atom. The van der Waals surface area contributed by atoms with Gasteiger partial charge in [0.25, 0.3) is 0 Å². The van der Waals surface area contributed by atoms with Crippen molar-refractivity contribution in [2.45, 2.75) is 50.2 Å². The summed E-state index contributed by atoms with van der Waals surface area (Å²) in [5.41, 5.74) is 16.5. The molecule has 0 saturated carbocycles. The zero-order valence-electron chi connectivity index (χ0n) is 19.7. The molecule has 0 saturated heterocycles. The van der Waals surface area contributed by atoms with Crippen LogP contribution in [-0.2, 0) is 30.4 Å². The summed E-state index contributed by atoms with van der Waals surface area (Å²) in [7, 11) is 0. The molecule has 14 nitrogen and oxygen atoms in total. The van der Waals surface area contributed by atoms with Crippen molar-refractivity contribution in [1.29, 1.82) is 0 Å². The van der Waals surface area contributed by atoms with Crippen molar-refractivity contribution in [2.75, 3.05) is 13.1 Å². The summed E-state index contributed by atoms with van der Waals surface area (Å²) < 4.78 is 0. The van der Waals surface area contributed by atoms with E-state index in [0.717, 1.165) is 0 Å². The van der Waals surface area contributed by atoms with Crippen LogP contribution in [0.1, 0.15) is 31.2 Å². The second-order valence-corrected chi connectivity index (χ2v) is 7.86. The molecule has 36 heavy (non-hydrogen) atoms. The van der Waals surface area contributed by atoms with Gasteiger partial charge in [0.2, 0.25) is 17.7 Å². The Hall–Kier alpha value is -4.20. The van der Waals surface area contributed by atoms with E-state index in [2.05, 4.69) is 20.9 Å². The topological polar surface area (TPSA) is 252 Å². The molecule has 1 rings (SSSR count). The predicted octanol–water partition coefficient (Wildman–Crippen LogP) is -2.35. The molecule has 198 valence electrons. The number of aliphatic imine (C=N–C) groups is 1. The molecule has 0 heterocycles. The average molecular weight is 508 g/mol. The second-order valence-electron chi connectivity index (χ2n) is 7.86. The van der Waals surface area contributed by atoms with Gasteiger partial charge in [-0.25, -0.2) is 4.79 Å². The maximum Gasteiger partial charge on any atom is 0.326 e. The van der Waals surface area contributed by atoms with Crippen LogP contribution >= 0.6 is 0 Å². The minimum Gasteiger partial charge on any atom is -0.481 e. The van der Waals surface area contributed by atoms with E-state index in [4.69, 9.17) is 22.3 Å². The molecule has 0 spiro atoms. The normalized spacial score (nSPS) is 12.9. The number of aliphatic carboxylic acids is 2. The number of nitrogens with two attached hydrogens (primary N) is 3. The highest BCUT2D eigenvalue weighted by Crippen LogP contribution is 2.07. The van der Waals surface area contributed by atoms with E-state index in [9.17, 15) is 29.1 Å². The quantitative estimate of drug-likeness (QED) is 0.0671. The molecule has 0 radical (unpaired) electrons. The average Bonchev–Trinajstić information content (AvgIpc) is 2.82. The van der Waals surface area contributed by atoms with E-state index >= 15 is 0 Å². The van der Waals surface area contributed by atoms with E-state index < -0.39 is 54.2 Å². The van der Waals surface area contributed by atoms with E-state index in [1.807, 2.05) is 0 Å². The lowest BCUT2D eigenvalue weighted by molar-refractivity contribution is -0.143. The van der Waals surface area contributed by atoms with Crippen LogP contribution in [0.3, 0.4) is 0 Å². The number of carboxylic acids is 2. The predicted molar refractivity (Wildman–Crippen MR) is 129 cm³/mol. The van der Waals surface area contributed by atoms with Crippen molar-refractivity contribution in [1.82, 2.24) is 16.0 Å². The molecule has 3 unspecified atom stereocenters. The lowest BCUT2D eigenvalue weighted by Crippen LogP contribution is -2.56. The molecule has 0 bridgehead atoms. The summed E-state index contributed by atoms with van der Waals surface area (Å²) in [6, 6.07) is 4.76. The van der Waals surface area contributed by atoms with Crippen molar-refractivity contribution < 1.29 is 34.2 Å². The highest BCUT2D eigenvalue weighted by atomic mass is 16.4. The number of guanidine groups is 1. The molecular formula is C22H33N7O7. The molecule has 3 atom stereocenters. The Balaban J connectivity index is 2.98. The highest BCUT2D eigenvalue weighted by molar-refractivity contribution is 5.93. The molecule has 1 aromatic carbocycles. The monoisotopic (exact) mass is 507 g/mol. The Morgan fingerprint density at radius 3 is 1.97 bits per heavy atom. The van der Waals surface area contributed by atoms with Crippen molar-refractivity contribution in [3.05, 3.63) is 35.9 Å². The van der Waals surface area contributed by atoms with E-state index in [-0.39, 0.29) is 38.3 Å². The van der Waals surface area contributed by atoms with Crippen LogP contribution in [0.15, 0.2) is 35.3 Å².